The molecule has 146 valence electrons. The van der Waals surface area contributed by atoms with Gasteiger partial charge in [-0.1, -0.05) is 6.07 Å². The van der Waals surface area contributed by atoms with Gasteiger partial charge in [-0.05, 0) is 74.1 Å². The third-order valence-electron chi connectivity index (χ3n) is 4.08. The van der Waals surface area contributed by atoms with Crippen LogP contribution in [-0.2, 0) is 4.79 Å². The van der Waals surface area contributed by atoms with Crippen LogP contribution in [0.2, 0.25) is 0 Å². The van der Waals surface area contributed by atoms with Gasteiger partial charge in [0.2, 0.25) is 0 Å². The number of amides is 1. The largest absolute Gasteiger partial charge is 0.494 e. The molecule has 0 bridgehead atoms. The molecule has 28 heavy (non-hydrogen) atoms. The summed E-state index contributed by atoms with van der Waals surface area (Å²) in [5.41, 5.74) is 1.87. The number of rotatable bonds is 7. The summed E-state index contributed by atoms with van der Waals surface area (Å²) in [6, 6.07) is 12.7. The highest BCUT2D eigenvalue weighted by atomic mass is 32.1. The van der Waals surface area contributed by atoms with E-state index in [0.29, 0.717) is 41.2 Å². The fraction of sp³-hybridized carbons (Fsp3) is 0.238. The molecular weight excluding hydrogens is 376 g/mol. The number of hydrogen-bond donors (Lipinski definition) is 1. The number of anilines is 1. The zero-order valence-corrected chi connectivity index (χ0v) is 16.8. The van der Waals surface area contributed by atoms with Crippen LogP contribution in [0.25, 0.3) is 6.08 Å². The summed E-state index contributed by atoms with van der Waals surface area (Å²) in [7, 11) is 1.58. The molecule has 1 heterocycles. The maximum absolute atomic E-state index is 12.9. The summed E-state index contributed by atoms with van der Waals surface area (Å²) in [6.07, 6.45) is 1.74. The van der Waals surface area contributed by atoms with Crippen molar-refractivity contribution in [3.8, 4) is 17.2 Å². The molecule has 2 aromatic rings. The van der Waals surface area contributed by atoms with Crippen LogP contribution in [0, 0.1) is 0 Å². The Morgan fingerprint density at radius 2 is 1.75 bits per heavy atom. The van der Waals surface area contributed by atoms with Crippen molar-refractivity contribution in [2.75, 3.05) is 25.2 Å². The van der Waals surface area contributed by atoms with Crippen molar-refractivity contribution in [3.05, 3.63) is 53.7 Å². The van der Waals surface area contributed by atoms with Crippen LogP contribution >= 0.6 is 12.2 Å². The van der Waals surface area contributed by atoms with E-state index < -0.39 is 0 Å². The predicted octanol–water partition coefficient (Wildman–Crippen LogP) is 3.75. The van der Waals surface area contributed by atoms with Crippen molar-refractivity contribution in [2.45, 2.75) is 13.8 Å². The summed E-state index contributed by atoms with van der Waals surface area (Å²) < 4.78 is 16.3. The minimum Gasteiger partial charge on any atom is -0.494 e. The lowest BCUT2D eigenvalue weighted by Gasteiger charge is -2.14. The molecule has 0 unspecified atom stereocenters. The molecule has 7 heteroatoms. The van der Waals surface area contributed by atoms with Gasteiger partial charge in [0.25, 0.3) is 5.91 Å². The molecule has 1 amide bonds. The van der Waals surface area contributed by atoms with Crippen LogP contribution in [0.15, 0.2) is 48.2 Å². The van der Waals surface area contributed by atoms with Gasteiger partial charge in [-0.15, -0.1) is 0 Å². The number of methoxy groups -OCH3 is 1. The van der Waals surface area contributed by atoms with Crippen molar-refractivity contribution in [1.82, 2.24) is 5.32 Å². The zero-order chi connectivity index (χ0) is 20.1. The minimum atomic E-state index is -0.220. The molecule has 0 spiro atoms. The summed E-state index contributed by atoms with van der Waals surface area (Å²) in [4.78, 5) is 14.3. The van der Waals surface area contributed by atoms with Gasteiger partial charge in [0.05, 0.1) is 26.0 Å². The number of thiocarbonyl (C=S) groups is 1. The molecule has 0 atom stereocenters. The Bertz CT molecular complexity index is 909. The Morgan fingerprint density at radius 3 is 2.39 bits per heavy atom. The highest BCUT2D eigenvalue weighted by molar-refractivity contribution is 7.80. The Labute approximate surface area is 169 Å². The lowest BCUT2D eigenvalue weighted by atomic mass is 10.1. The molecular formula is C21H22N2O4S. The van der Waals surface area contributed by atoms with E-state index in [1.807, 2.05) is 44.2 Å². The summed E-state index contributed by atoms with van der Waals surface area (Å²) in [6.45, 7) is 4.96. The molecule has 2 aromatic carbocycles. The second kappa shape index (κ2) is 8.75. The summed E-state index contributed by atoms with van der Waals surface area (Å²) in [5.74, 6) is 1.79. The Kier molecular flexibility index (Phi) is 6.16. The third-order valence-corrected chi connectivity index (χ3v) is 4.37. The number of ether oxygens (including phenoxy) is 3. The second-order valence-corrected chi connectivity index (χ2v) is 6.29. The van der Waals surface area contributed by atoms with Crippen molar-refractivity contribution in [1.29, 1.82) is 0 Å². The second-order valence-electron chi connectivity index (χ2n) is 5.90. The predicted molar refractivity (Wildman–Crippen MR) is 113 cm³/mol. The van der Waals surface area contributed by atoms with Gasteiger partial charge in [-0.3, -0.25) is 9.69 Å². The smallest absolute Gasteiger partial charge is 0.281 e. The quantitative estimate of drug-likeness (QED) is 0.566. The molecule has 1 saturated heterocycles. The van der Waals surface area contributed by atoms with Crippen molar-refractivity contribution in [2.24, 2.45) is 0 Å². The number of benzene rings is 2. The molecule has 0 radical (unpaired) electrons. The molecule has 3 rings (SSSR count). The van der Waals surface area contributed by atoms with E-state index in [-0.39, 0.29) is 5.91 Å². The van der Waals surface area contributed by atoms with Gasteiger partial charge in [0.1, 0.15) is 11.4 Å². The lowest BCUT2D eigenvalue weighted by molar-refractivity contribution is -0.113. The molecule has 1 aliphatic rings. The normalized spacial score (nSPS) is 15.0. The number of carbonyl (C=O) groups excluding carboxylic acids is 1. The summed E-state index contributed by atoms with van der Waals surface area (Å²) >= 11 is 5.36. The van der Waals surface area contributed by atoms with Crippen LogP contribution in [0.1, 0.15) is 19.4 Å². The first kappa shape index (κ1) is 19.7. The van der Waals surface area contributed by atoms with Gasteiger partial charge < -0.3 is 19.5 Å². The van der Waals surface area contributed by atoms with E-state index in [1.54, 1.807) is 25.3 Å². The molecule has 0 aromatic heterocycles. The maximum atomic E-state index is 12.9. The van der Waals surface area contributed by atoms with Crippen molar-refractivity contribution in [3.63, 3.8) is 0 Å². The Balaban J connectivity index is 1.84. The van der Waals surface area contributed by atoms with Gasteiger partial charge >= 0.3 is 0 Å². The lowest BCUT2D eigenvalue weighted by Crippen LogP contribution is -2.30. The van der Waals surface area contributed by atoms with Gasteiger partial charge in [-0.2, -0.15) is 0 Å². The van der Waals surface area contributed by atoms with E-state index in [1.165, 1.54) is 4.90 Å². The van der Waals surface area contributed by atoms with E-state index in [0.717, 1.165) is 11.3 Å². The van der Waals surface area contributed by atoms with Crippen LogP contribution in [0.5, 0.6) is 17.2 Å². The zero-order valence-electron chi connectivity index (χ0n) is 16.0. The molecule has 1 N–H and O–H groups in total. The van der Waals surface area contributed by atoms with Gasteiger partial charge in [0.15, 0.2) is 16.6 Å². The maximum Gasteiger partial charge on any atom is 0.281 e. The van der Waals surface area contributed by atoms with Crippen molar-refractivity contribution < 1.29 is 19.0 Å². The van der Waals surface area contributed by atoms with E-state index in [4.69, 9.17) is 26.4 Å². The fourth-order valence-corrected chi connectivity index (χ4v) is 3.14. The van der Waals surface area contributed by atoms with Crippen LogP contribution in [-0.4, -0.2) is 31.3 Å². The van der Waals surface area contributed by atoms with E-state index >= 15 is 0 Å². The van der Waals surface area contributed by atoms with Crippen molar-refractivity contribution >= 4 is 35.0 Å². The first-order valence-electron chi connectivity index (χ1n) is 8.98. The van der Waals surface area contributed by atoms with E-state index in [9.17, 15) is 4.79 Å². The summed E-state index contributed by atoms with van der Waals surface area (Å²) in [5, 5.41) is 3.32. The third kappa shape index (κ3) is 4.09. The number of hydrogen-bond acceptors (Lipinski definition) is 5. The van der Waals surface area contributed by atoms with Crippen LogP contribution < -0.4 is 24.4 Å². The highest BCUT2D eigenvalue weighted by Gasteiger charge is 2.32. The number of nitrogens with zero attached hydrogens (tertiary/aromatic N) is 1. The fourth-order valence-electron chi connectivity index (χ4n) is 2.84. The van der Waals surface area contributed by atoms with E-state index in [2.05, 4.69) is 5.32 Å². The standard InChI is InChI=1S/C21H22N2O4S/c1-4-26-16-9-7-15(8-10-16)23-20(24)17(22-21(23)28)12-14-6-11-18(27-5-2)19(13-14)25-3/h6-13H,4-5H2,1-3H3,(H,22,28)/b17-12-. The molecule has 0 saturated carbocycles. The van der Waals surface area contributed by atoms with Crippen LogP contribution in [0.3, 0.4) is 0 Å². The number of carbonyl (C=O) groups is 1. The van der Waals surface area contributed by atoms with Gasteiger partial charge in [0, 0.05) is 0 Å². The monoisotopic (exact) mass is 398 g/mol. The average molecular weight is 398 g/mol. The highest BCUT2D eigenvalue weighted by Crippen LogP contribution is 2.30. The molecule has 1 fully saturated rings. The Morgan fingerprint density at radius 1 is 1.04 bits per heavy atom. The topological polar surface area (TPSA) is 60.0 Å². The number of nitrogens with one attached hydrogen (secondary N) is 1. The molecule has 0 aliphatic carbocycles. The minimum absolute atomic E-state index is 0.220. The molecule has 6 nitrogen and oxygen atoms in total. The first-order chi connectivity index (χ1) is 13.6. The SMILES string of the molecule is CCOc1ccc(N2C(=O)/C(=C/c3ccc(OCC)c(OC)c3)NC2=S)cc1. The first-order valence-corrected chi connectivity index (χ1v) is 9.39. The Hall–Kier alpha value is -3.06. The molecule has 1 aliphatic heterocycles. The van der Waals surface area contributed by atoms with Crippen LogP contribution in [0.4, 0.5) is 5.69 Å². The average Bonchev–Trinajstić information content (AvgIpc) is 2.97. The van der Waals surface area contributed by atoms with Gasteiger partial charge in [-0.25, -0.2) is 0 Å².